The molecule has 1 unspecified atom stereocenters. The average molecular weight is 338 g/mol. The minimum Gasteiger partial charge on any atom is -0.382 e. The van der Waals surface area contributed by atoms with E-state index in [1.165, 1.54) is 28.4 Å². The fourth-order valence-corrected chi connectivity index (χ4v) is 4.53. The summed E-state index contributed by atoms with van der Waals surface area (Å²) in [6.45, 7) is 5.50. The number of hydrogen-bond donors (Lipinski definition) is 0. The van der Waals surface area contributed by atoms with Crippen LogP contribution in [0.5, 0.6) is 0 Å². The Labute approximate surface area is 132 Å². The summed E-state index contributed by atoms with van der Waals surface area (Å²) >= 11 is 0. The Hall–Kier alpha value is -0.510. The van der Waals surface area contributed by atoms with Crippen LogP contribution in [0.4, 0.5) is 0 Å². The summed E-state index contributed by atoms with van der Waals surface area (Å²) in [6, 6.07) is 0. The molecular formula is C14H26O7S. The number of ether oxygens (including phenoxy) is 5. The summed E-state index contributed by atoms with van der Waals surface area (Å²) in [7, 11) is 2.33. The maximum absolute atomic E-state index is 12.6. The van der Waals surface area contributed by atoms with E-state index < -0.39 is 39.7 Å². The highest BCUT2D eigenvalue weighted by Crippen LogP contribution is 2.30. The van der Waals surface area contributed by atoms with Gasteiger partial charge in [0.1, 0.15) is 24.4 Å². The van der Waals surface area contributed by atoms with Crippen molar-refractivity contribution in [3.05, 3.63) is 12.2 Å². The average Bonchev–Trinajstić information content (AvgIpc) is 2.44. The smallest absolute Gasteiger partial charge is 0.188 e. The zero-order valence-corrected chi connectivity index (χ0v) is 14.6. The molecule has 8 heteroatoms. The van der Waals surface area contributed by atoms with Gasteiger partial charge in [-0.2, -0.15) is 0 Å². The first-order valence-electron chi connectivity index (χ1n) is 6.91. The summed E-state index contributed by atoms with van der Waals surface area (Å²) in [6.07, 6.45) is -2.45. The molecular weight excluding hydrogens is 312 g/mol. The van der Waals surface area contributed by atoms with Gasteiger partial charge >= 0.3 is 0 Å². The Kier molecular flexibility index (Phi) is 7.43. The predicted molar refractivity (Wildman–Crippen MR) is 81.5 cm³/mol. The van der Waals surface area contributed by atoms with Crippen LogP contribution >= 0.6 is 0 Å². The van der Waals surface area contributed by atoms with Crippen molar-refractivity contribution in [2.45, 2.75) is 36.8 Å². The van der Waals surface area contributed by atoms with Crippen LogP contribution in [0.15, 0.2) is 12.2 Å². The second-order valence-corrected chi connectivity index (χ2v) is 7.44. The molecule has 1 fully saturated rings. The van der Waals surface area contributed by atoms with E-state index in [-0.39, 0.29) is 12.4 Å². The Bertz CT molecular complexity index is 462. The molecule has 1 aliphatic rings. The van der Waals surface area contributed by atoms with Crippen LogP contribution in [0.2, 0.25) is 0 Å². The van der Waals surface area contributed by atoms with E-state index >= 15 is 0 Å². The molecule has 130 valence electrons. The van der Waals surface area contributed by atoms with Crippen molar-refractivity contribution < 1.29 is 32.1 Å². The molecule has 1 heterocycles. The van der Waals surface area contributed by atoms with Gasteiger partial charge < -0.3 is 23.7 Å². The van der Waals surface area contributed by atoms with Gasteiger partial charge in [0.2, 0.25) is 0 Å². The zero-order chi connectivity index (χ0) is 16.9. The van der Waals surface area contributed by atoms with Crippen LogP contribution < -0.4 is 0 Å². The summed E-state index contributed by atoms with van der Waals surface area (Å²) in [5.41, 5.74) is -0.629. The minimum absolute atomic E-state index is 0.175. The highest BCUT2D eigenvalue weighted by Gasteiger charge is 2.51. The molecule has 1 rings (SSSR count). The minimum atomic E-state index is -3.61. The second kappa shape index (κ2) is 8.37. The lowest BCUT2D eigenvalue weighted by Gasteiger charge is -2.44. The molecule has 0 N–H and O–H groups in total. The Morgan fingerprint density at radius 1 is 1.05 bits per heavy atom. The summed E-state index contributed by atoms with van der Waals surface area (Å²) < 4.78 is 52.2. The lowest BCUT2D eigenvalue weighted by Crippen LogP contribution is -2.62. The topological polar surface area (TPSA) is 80.3 Å². The van der Waals surface area contributed by atoms with E-state index in [0.717, 1.165) is 0 Å². The third-order valence-corrected chi connectivity index (χ3v) is 5.52. The van der Waals surface area contributed by atoms with Gasteiger partial charge in [0.05, 0.1) is 12.4 Å². The maximum atomic E-state index is 12.6. The maximum Gasteiger partial charge on any atom is 0.188 e. The van der Waals surface area contributed by atoms with Crippen molar-refractivity contribution in [1.29, 1.82) is 0 Å². The first-order valence-corrected chi connectivity index (χ1v) is 8.62. The van der Waals surface area contributed by atoms with Gasteiger partial charge in [-0.1, -0.05) is 12.2 Å². The quantitative estimate of drug-likeness (QED) is 0.592. The number of methoxy groups -OCH3 is 4. The SMILES string of the molecule is C=C(C)CS(=O)(=O)C1O[C@H](COC)[C@@H](OC)[C@H](OC)[C@H]1OC. The standard InChI is InChI=1S/C14H26O7S/c1-9(2)8-22(15,16)14-13(20-6)12(19-5)11(18-4)10(21-14)7-17-3/h10-14H,1,7-8H2,2-6H3/t10-,11-,12+,13-,14?/m1/s1. The molecule has 1 aliphatic heterocycles. The van der Waals surface area contributed by atoms with E-state index in [9.17, 15) is 8.42 Å². The summed E-state index contributed by atoms with van der Waals surface area (Å²) in [5.74, 6) is -0.175. The molecule has 0 amide bonds. The third-order valence-electron chi connectivity index (χ3n) is 3.54. The van der Waals surface area contributed by atoms with Gasteiger partial charge in [-0.05, 0) is 6.92 Å². The van der Waals surface area contributed by atoms with Crippen LogP contribution in [0, 0.1) is 0 Å². The predicted octanol–water partition coefficient (Wildman–Crippen LogP) is 0.394. The van der Waals surface area contributed by atoms with Crippen LogP contribution in [0.3, 0.4) is 0 Å². The first-order chi connectivity index (χ1) is 10.3. The molecule has 0 bridgehead atoms. The van der Waals surface area contributed by atoms with Crippen LogP contribution in [-0.4, -0.2) is 79.1 Å². The van der Waals surface area contributed by atoms with E-state index in [1.54, 1.807) is 6.92 Å². The summed E-state index contributed by atoms with van der Waals surface area (Å²) in [4.78, 5) is 0. The Morgan fingerprint density at radius 3 is 2.00 bits per heavy atom. The van der Waals surface area contributed by atoms with Gasteiger partial charge in [0.15, 0.2) is 15.3 Å². The van der Waals surface area contributed by atoms with Gasteiger partial charge in [-0.15, -0.1) is 0 Å². The number of hydrogen-bond acceptors (Lipinski definition) is 7. The van der Waals surface area contributed by atoms with E-state index in [0.29, 0.717) is 5.57 Å². The van der Waals surface area contributed by atoms with Crippen molar-refractivity contribution in [2.75, 3.05) is 40.8 Å². The van der Waals surface area contributed by atoms with Crippen molar-refractivity contribution in [2.24, 2.45) is 0 Å². The molecule has 7 nitrogen and oxygen atoms in total. The molecule has 0 aromatic rings. The molecule has 22 heavy (non-hydrogen) atoms. The zero-order valence-electron chi connectivity index (χ0n) is 13.8. The molecule has 0 saturated carbocycles. The third kappa shape index (κ3) is 4.27. The van der Waals surface area contributed by atoms with Crippen molar-refractivity contribution in [3.63, 3.8) is 0 Å². The molecule has 0 radical (unpaired) electrons. The van der Waals surface area contributed by atoms with Crippen molar-refractivity contribution in [3.8, 4) is 0 Å². The van der Waals surface area contributed by atoms with E-state index in [4.69, 9.17) is 23.7 Å². The van der Waals surface area contributed by atoms with E-state index in [2.05, 4.69) is 6.58 Å². The molecule has 0 aromatic carbocycles. The molecule has 0 aliphatic carbocycles. The van der Waals surface area contributed by atoms with Crippen LogP contribution in [0.1, 0.15) is 6.92 Å². The lowest BCUT2D eigenvalue weighted by atomic mass is 9.99. The highest BCUT2D eigenvalue weighted by molar-refractivity contribution is 7.92. The van der Waals surface area contributed by atoms with E-state index in [1.807, 2.05) is 0 Å². The Balaban J connectivity index is 3.17. The number of sulfone groups is 1. The fraction of sp³-hybridized carbons (Fsp3) is 0.857. The van der Waals surface area contributed by atoms with Gasteiger partial charge in [0, 0.05) is 28.4 Å². The van der Waals surface area contributed by atoms with Crippen molar-refractivity contribution >= 4 is 9.84 Å². The second-order valence-electron chi connectivity index (χ2n) is 5.36. The highest BCUT2D eigenvalue weighted by atomic mass is 32.2. The first kappa shape index (κ1) is 19.5. The van der Waals surface area contributed by atoms with Crippen molar-refractivity contribution in [1.82, 2.24) is 0 Å². The van der Waals surface area contributed by atoms with Crippen LogP contribution in [-0.2, 0) is 33.5 Å². The summed E-state index contributed by atoms with van der Waals surface area (Å²) in [5, 5.41) is 0. The monoisotopic (exact) mass is 338 g/mol. The molecule has 5 atom stereocenters. The molecule has 1 saturated heterocycles. The fourth-order valence-electron chi connectivity index (χ4n) is 2.69. The number of rotatable bonds is 8. The molecule has 0 aromatic heterocycles. The van der Waals surface area contributed by atoms with Gasteiger partial charge in [-0.3, -0.25) is 0 Å². The Morgan fingerprint density at radius 2 is 1.59 bits per heavy atom. The van der Waals surface area contributed by atoms with Gasteiger partial charge in [0.25, 0.3) is 0 Å². The van der Waals surface area contributed by atoms with Crippen LogP contribution in [0.25, 0.3) is 0 Å². The lowest BCUT2D eigenvalue weighted by molar-refractivity contribution is -0.230. The van der Waals surface area contributed by atoms with Gasteiger partial charge in [-0.25, -0.2) is 8.42 Å². The molecule has 0 spiro atoms. The normalized spacial score (nSPS) is 32.9. The largest absolute Gasteiger partial charge is 0.382 e.